The normalized spacial score (nSPS) is 21.7. The SMILES string of the molecule is COCCN1C(=O)CC(N)C1c1cc(OC)cc(OC)c1. The maximum Gasteiger partial charge on any atom is 0.224 e. The minimum atomic E-state index is -0.244. The van der Waals surface area contributed by atoms with Gasteiger partial charge in [0.25, 0.3) is 0 Å². The van der Waals surface area contributed by atoms with E-state index in [1.165, 1.54) is 0 Å². The molecule has 6 heteroatoms. The van der Waals surface area contributed by atoms with E-state index in [9.17, 15) is 4.79 Å². The number of hydrogen-bond acceptors (Lipinski definition) is 5. The van der Waals surface area contributed by atoms with E-state index in [2.05, 4.69) is 0 Å². The molecule has 116 valence electrons. The molecule has 1 heterocycles. The van der Waals surface area contributed by atoms with Gasteiger partial charge >= 0.3 is 0 Å². The van der Waals surface area contributed by atoms with Crippen LogP contribution >= 0.6 is 0 Å². The average Bonchev–Trinajstić information content (AvgIpc) is 2.78. The maximum absolute atomic E-state index is 12.1. The van der Waals surface area contributed by atoms with Crippen LogP contribution in [0.2, 0.25) is 0 Å². The Hall–Kier alpha value is -1.79. The summed E-state index contributed by atoms with van der Waals surface area (Å²) in [4.78, 5) is 13.9. The van der Waals surface area contributed by atoms with Crippen molar-refractivity contribution in [2.45, 2.75) is 18.5 Å². The molecule has 0 aromatic heterocycles. The number of nitrogens with zero attached hydrogens (tertiary/aromatic N) is 1. The Morgan fingerprint density at radius 3 is 2.33 bits per heavy atom. The number of carbonyl (C=O) groups is 1. The highest BCUT2D eigenvalue weighted by molar-refractivity contribution is 5.80. The molecule has 0 radical (unpaired) electrons. The van der Waals surface area contributed by atoms with Gasteiger partial charge in [-0.3, -0.25) is 4.79 Å². The molecular weight excluding hydrogens is 272 g/mol. The van der Waals surface area contributed by atoms with Crippen LogP contribution < -0.4 is 15.2 Å². The first-order chi connectivity index (χ1) is 10.1. The number of likely N-dealkylation sites (tertiary alicyclic amines) is 1. The van der Waals surface area contributed by atoms with Crippen LogP contribution in [0.25, 0.3) is 0 Å². The molecule has 6 nitrogen and oxygen atoms in total. The topological polar surface area (TPSA) is 74.0 Å². The van der Waals surface area contributed by atoms with Gasteiger partial charge in [0.15, 0.2) is 0 Å². The molecule has 0 aliphatic carbocycles. The Morgan fingerprint density at radius 1 is 1.19 bits per heavy atom. The molecule has 2 atom stereocenters. The number of amides is 1. The van der Waals surface area contributed by atoms with E-state index < -0.39 is 0 Å². The first-order valence-electron chi connectivity index (χ1n) is 6.87. The lowest BCUT2D eigenvalue weighted by Gasteiger charge is -2.27. The predicted molar refractivity (Wildman–Crippen MR) is 78.5 cm³/mol. The summed E-state index contributed by atoms with van der Waals surface area (Å²) < 4.78 is 15.7. The molecule has 1 saturated heterocycles. The van der Waals surface area contributed by atoms with Gasteiger partial charge in [-0.05, 0) is 17.7 Å². The zero-order valence-electron chi connectivity index (χ0n) is 12.7. The van der Waals surface area contributed by atoms with Crippen LogP contribution in [0.3, 0.4) is 0 Å². The first-order valence-corrected chi connectivity index (χ1v) is 6.87. The molecule has 0 spiro atoms. The van der Waals surface area contributed by atoms with E-state index in [0.29, 0.717) is 31.1 Å². The van der Waals surface area contributed by atoms with Crippen molar-refractivity contribution in [3.05, 3.63) is 23.8 Å². The highest BCUT2D eigenvalue weighted by atomic mass is 16.5. The van der Waals surface area contributed by atoms with Gasteiger partial charge in [-0.1, -0.05) is 0 Å². The minimum absolute atomic E-state index is 0.0475. The van der Waals surface area contributed by atoms with Crippen molar-refractivity contribution < 1.29 is 19.0 Å². The number of carbonyl (C=O) groups excluding carboxylic acids is 1. The fraction of sp³-hybridized carbons (Fsp3) is 0.533. The van der Waals surface area contributed by atoms with Gasteiger partial charge in [0.2, 0.25) is 5.91 Å². The van der Waals surface area contributed by atoms with Gasteiger partial charge in [0, 0.05) is 32.2 Å². The van der Waals surface area contributed by atoms with Crippen LogP contribution in [-0.2, 0) is 9.53 Å². The van der Waals surface area contributed by atoms with E-state index in [1.807, 2.05) is 12.1 Å². The number of benzene rings is 1. The highest BCUT2D eigenvalue weighted by Crippen LogP contribution is 2.35. The molecule has 2 N–H and O–H groups in total. The summed E-state index contributed by atoms with van der Waals surface area (Å²) >= 11 is 0. The van der Waals surface area contributed by atoms with Crippen LogP contribution in [0.5, 0.6) is 11.5 Å². The molecular formula is C15H22N2O4. The third-order valence-corrected chi connectivity index (χ3v) is 3.72. The van der Waals surface area contributed by atoms with Crippen molar-refractivity contribution in [2.24, 2.45) is 5.73 Å². The van der Waals surface area contributed by atoms with Gasteiger partial charge in [-0.25, -0.2) is 0 Å². The van der Waals surface area contributed by atoms with E-state index in [0.717, 1.165) is 5.56 Å². The monoisotopic (exact) mass is 294 g/mol. The number of nitrogens with two attached hydrogens (primary N) is 1. The fourth-order valence-electron chi connectivity index (χ4n) is 2.70. The van der Waals surface area contributed by atoms with Crippen LogP contribution in [0, 0.1) is 0 Å². The second-order valence-electron chi connectivity index (χ2n) is 5.04. The second-order valence-corrected chi connectivity index (χ2v) is 5.04. The van der Waals surface area contributed by atoms with E-state index in [-0.39, 0.29) is 18.0 Å². The lowest BCUT2D eigenvalue weighted by atomic mass is 10.00. The lowest BCUT2D eigenvalue weighted by Crippen LogP contribution is -2.35. The third kappa shape index (κ3) is 3.28. The minimum Gasteiger partial charge on any atom is -0.497 e. The number of ether oxygens (including phenoxy) is 3. The van der Waals surface area contributed by atoms with Crippen LogP contribution in [0.1, 0.15) is 18.0 Å². The zero-order valence-corrected chi connectivity index (χ0v) is 12.7. The molecule has 0 saturated carbocycles. The standard InChI is InChI=1S/C15H22N2O4/c1-19-5-4-17-14(18)9-13(16)15(17)10-6-11(20-2)8-12(7-10)21-3/h6-8,13,15H,4-5,9,16H2,1-3H3. The van der Waals surface area contributed by atoms with Gasteiger partial charge < -0.3 is 24.8 Å². The second kappa shape index (κ2) is 6.78. The molecule has 2 unspecified atom stereocenters. The smallest absolute Gasteiger partial charge is 0.224 e. The Kier molecular flexibility index (Phi) is 5.03. The Balaban J connectivity index is 2.34. The molecule has 1 aromatic carbocycles. The largest absolute Gasteiger partial charge is 0.497 e. The molecule has 1 fully saturated rings. The van der Waals surface area contributed by atoms with Gasteiger partial charge in [0.1, 0.15) is 11.5 Å². The van der Waals surface area contributed by atoms with Crippen LogP contribution in [-0.4, -0.2) is 51.3 Å². The zero-order chi connectivity index (χ0) is 15.4. The summed E-state index contributed by atoms with van der Waals surface area (Å²) in [6.07, 6.45) is 0.341. The van der Waals surface area contributed by atoms with Crippen molar-refractivity contribution in [2.75, 3.05) is 34.5 Å². The summed E-state index contributed by atoms with van der Waals surface area (Å²) in [5.41, 5.74) is 7.08. The summed E-state index contributed by atoms with van der Waals surface area (Å²) in [6, 6.07) is 5.16. The third-order valence-electron chi connectivity index (χ3n) is 3.72. The highest BCUT2D eigenvalue weighted by Gasteiger charge is 2.38. The Bertz CT molecular complexity index is 484. The summed E-state index contributed by atoms with van der Waals surface area (Å²) in [5, 5.41) is 0. The predicted octanol–water partition coefficient (Wildman–Crippen LogP) is 0.951. The van der Waals surface area contributed by atoms with Crippen molar-refractivity contribution >= 4 is 5.91 Å². The fourth-order valence-corrected chi connectivity index (χ4v) is 2.70. The van der Waals surface area contributed by atoms with E-state index in [4.69, 9.17) is 19.9 Å². The van der Waals surface area contributed by atoms with Crippen molar-refractivity contribution in [1.29, 1.82) is 0 Å². The lowest BCUT2D eigenvalue weighted by molar-refractivity contribution is -0.129. The molecule has 21 heavy (non-hydrogen) atoms. The van der Waals surface area contributed by atoms with Crippen molar-refractivity contribution in [3.63, 3.8) is 0 Å². The van der Waals surface area contributed by atoms with Gasteiger partial charge in [-0.15, -0.1) is 0 Å². The molecule has 1 aliphatic heterocycles. The van der Waals surface area contributed by atoms with Crippen LogP contribution in [0.4, 0.5) is 0 Å². The molecule has 1 amide bonds. The Labute approximate surface area is 124 Å². The van der Waals surface area contributed by atoms with Crippen molar-refractivity contribution in [1.82, 2.24) is 4.90 Å². The quantitative estimate of drug-likeness (QED) is 0.845. The summed E-state index contributed by atoms with van der Waals surface area (Å²) in [7, 11) is 4.81. The van der Waals surface area contributed by atoms with Crippen molar-refractivity contribution in [3.8, 4) is 11.5 Å². The van der Waals surface area contributed by atoms with Crippen LogP contribution in [0.15, 0.2) is 18.2 Å². The maximum atomic E-state index is 12.1. The Morgan fingerprint density at radius 2 is 1.81 bits per heavy atom. The average molecular weight is 294 g/mol. The molecule has 1 aliphatic rings. The van der Waals surface area contributed by atoms with E-state index >= 15 is 0 Å². The number of methoxy groups -OCH3 is 3. The first kappa shape index (κ1) is 15.6. The summed E-state index contributed by atoms with van der Waals surface area (Å²) in [5.74, 6) is 1.41. The van der Waals surface area contributed by atoms with Gasteiger partial charge in [-0.2, -0.15) is 0 Å². The molecule has 0 bridgehead atoms. The number of rotatable bonds is 6. The molecule has 2 rings (SSSR count). The van der Waals surface area contributed by atoms with Gasteiger partial charge in [0.05, 0.1) is 26.9 Å². The van der Waals surface area contributed by atoms with E-state index in [1.54, 1.807) is 32.3 Å². The number of hydrogen-bond donors (Lipinski definition) is 1. The molecule has 1 aromatic rings. The summed E-state index contributed by atoms with van der Waals surface area (Å²) in [6.45, 7) is 1.00.